The van der Waals surface area contributed by atoms with Gasteiger partial charge in [-0.2, -0.15) is 0 Å². The van der Waals surface area contributed by atoms with Gasteiger partial charge < -0.3 is 4.74 Å². The van der Waals surface area contributed by atoms with Crippen LogP contribution in [0.15, 0.2) is 78.9 Å². The van der Waals surface area contributed by atoms with Gasteiger partial charge in [-0.05, 0) is 30.5 Å². The number of aromatic nitrogens is 1. The van der Waals surface area contributed by atoms with Crippen molar-refractivity contribution in [2.45, 2.75) is 12.8 Å². The second-order valence-electron chi connectivity index (χ2n) is 6.25. The van der Waals surface area contributed by atoms with Crippen molar-refractivity contribution in [3.63, 3.8) is 0 Å². The zero-order valence-electron chi connectivity index (χ0n) is 14.4. The molecule has 1 heterocycles. The Morgan fingerprint density at radius 3 is 2.00 bits per heavy atom. The minimum absolute atomic E-state index is 0.284. The molecule has 1 aromatic heterocycles. The van der Waals surface area contributed by atoms with E-state index in [0.717, 1.165) is 34.6 Å². The third kappa shape index (κ3) is 3.29. The maximum Gasteiger partial charge on any atom is 0.339 e. The monoisotopic (exact) mass is 341 g/mol. The van der Waals surface area contributed by atoms with Crippen molar-refractivity contribution in [1.29, 1.82) is 0 Å². The molecule has 0 bridgehead atoms. The fourth-order valence-corrected chi connectivity index (χ4v) is 3.22. The molecule has 0 saturated heterocycles. The van der Waals surface area contributed by atoms with Crippen molar-refractivity contribution in [2.24, 2.45) is 0 Å². The van der Waals surface area contributed by atoms with Crippen LogP contribution in [0.25, 0.3) is 21.8 Å². The lowest BCUT2D eigenvalue weighted by Crippen LogP contribution is -2.09. The average Bonchev–Trinajstić information content (AvgIpc) is 2.70. The zero-order chi connectivity index (χ0) is 17.8. The predicted octanol–water partition coefficient (Wildman–Crippen LogP) is 5.18. The van der Waals surface area contributed by atoms with Crippen molar-refractivity contribution in [3.05, 3.63) is 90.0 Å². The summed E-state index contributed by atoms with van der Waals surface area (Å²) in [7, 11) is 0. The smallest absolute Gasteiger partial charge is 0.339 e. The van der Waals surface area contributed by atoms with Crippen LogP contribution in [0.1, 0.15) is 22.3 Å². The topological polar surface area (TPSA) is 39.2 Å². The number of hydrogen-bond donors (Lipinski definition) is 0. The lowest BCUT2D eigenvalue weighted by Gasteiger charge is -2.11. The second kappa shape index (κ2) is 7.36. The third-order valence-electron chi connectivity index (χ3n) is 4.48. The summed E-state index contributed by atoms with van der Waals surface area (Å²) >= 11 is 0. The van der Waals surface area contributed by atoms with Gasteiger partial charge in [-0.3, -0.25) is 0 Å². The number of para-hydroxylation sites is 2. The Morgan fingerprint density at radius 2 is 1.35 bits per heavy atom. The van der Waals surface area contributed by atoms with E-state index in [9.17, 15) is 4.79 Å². The number of pyridine rings is 1. The summed E-state index contributed by atoms with van der Waals surface area (Å²) in [6.45, 7) is 0.401. The van der Waals surface area contributed by atoms with Crippen molar-refractivity contribution in [3.8, 4) is 0 Å². The molecule has 0 N–H and O–H groups in total. The Morgan fingerprint density at radius 1 is 0.769 bits per heavy atom. The van der Waals surface area contributed by atoms with E-state index in [-0.39, 0.29) is 5.97 Å². The number of fused-ring (bicyclic) bond motifs is 2. The number of hydrogen-bond acceptors (Lipinski definition) is 3. The molecule has 0 amide bonds. The number of esters is 1. The van der Waals surface area contributed by atoms with E-state index in [1.807, 2.05) is 66.7 Å². The highest BCUT2D eigenvalue weighted by atomic mass is 16.5. The van der Waals surface area contributed by atoms with Crippen LogP contribution in [0, 0.1) is 0 Å². The molecular formula is C23H19NO2. The van der Waals surface area contributed by atoms with Gasteiger partial charge in [-0.1, -0.05) is 66.7 Å². The lowest BCUT2D eigenvalue weighted by molar-refractivity contribution is 0.0505. The molecule has 0 radical (unpaired) electrons. The van der Waals surface area contributed by atoms with Crippen LogP contribution in [0.4, 0.5) is 0 Å². The van der Waals surface area contributed by atoms with Crippen molar-refractivity contribution in [2.75, 3.05) is 6.61 Å². The van der Waals surface area contributed by atoms with Crippen LogP contribution in [0.5, 0.6) is 0 Å². The van der Waals surface area contributed by atoms with E-state index in [4.69, 9.17) is 4.74 Å². The van der Waals surface area contributed by atoms with Crippen molar-refractivity contribution >= 4 is 27.8 Å². The quantitative estimate of drug-likeness (QED) is 0.285. The van der Waals surface area contributed by atoms with Crippen LogP contribution in [-0.4, -0.2) is 17.6 Å². The number of benzene rings is 3. The van der Waals surface area contributed by atoms with Gasteiger partial charge in [-0.15, -0.1) is 0 Å². The molecule has 0 atom stereocenters. The standard InChI is InChI=1S/C23H19NO2/c25-23(26-16-8-11-17-9-2-1-3-10-17)22-18-12-4-6-14-20(18)24-21-15-7-5-13-19(21)22/h1-7,9-10,12-15H,8,11,16H2. The summed E-state index contributed by atoms with van der Waals surface area (Å²) < 4.78 is 5.60. The summed E-state index contributed by atoms with van der Waals surface area (Å²) in [5, 5.41) is 1.67. The minimum Gasteiger partial charge on any atom is -0.462 e. The number of carbonyl (C=O) groups excluding carboxylic acids is 1. The van der Waals surface area contributed by atoms with Gasteiger partial charge in [0.05, 0.1) is 23.2 Å². The highest BCUT2D eigenvalue weighted by molar-refractivity contribution is 6.14. The Kier molecular flexibility index (Phi) is 4.61. The van der Waals surface area contributed by atoms with E-state index in [1.165, 1.54) is 5.56 Å². The molecule has 0 fully saturated rings. The van der Waals surface area contributed by atoms with Crippen molar-refractivity contribution < 1.29 is 9.53 Å². The number of ether oxygens (including phenoxy) is 1. The van der Waals surface area contributed by atoms with Gasteiger partial charge in [0.1, 0.15) is 0 Å². The Labute approximate surface area is 152 Å². The Balaban J connectivity index is 1.57. The summed E-state index contributed by atoms with van der Waals surface area (Å²) in [5.74, 6) is -0.284. The van der Waals surface area contributed by atoms with Crippen LogP contribution in [0.2, 0.25) is 0 Å². The Bertz CT molecular complexity index is 1000. The Hall–Kier alpha value is -3.20. The van der Waals surface area contributed by atoms with Crippen LogP contribution < -0.4 is 0 Å². The van der Waals surface area contributed by atoms with E-state index in [0.29, 0.717) is 12.2 Å². The molecule has 0 unspecified atom stereocenters. The van der Waals surface area contributed by atoms with Crippen LogP contribution in [-0.2, 0) is 11.2 Å². The molecule has 0 aliphatic rings. The van der Waals surface area contributed by atoms with Gasteiger partial charge in [0.2, 0.25) is 0 Å². The average molecular weight is 341 g/mol. The minimum atomic E-state index is -0.284. The maximum atomic E-state index is 12.8. The molecular weight excluding hydrogens is 322 g/mol. The number of nitrogens with zero attached hydrogens (tertiary/aromatic N) is 1. The lowest BCUT2D eigenvalue weighted by atomic mass is 10.0. The first-order valence-corrected chi connectivity index (χ1v) is 8.81. The van der Waals surface area contributed by atoms with Crippen LogP contribution >= 0.6 is 0 Å². The van der Waals surface area contributed by atoms with E-state index in [2.05, 4.69) is 17.1 Å². The molecule has 3 heteroatoms. The van der Waals surface area contributed by atoms with Gasteiger partial charge in [0.25, 0.3) is 0 Å². The summed E-state index contributed by atoms with van der Waals surface area (Å²) in [5.41, 5.74) is 3.47. The van der Waals surface area contributed by atoms with Crippen molar-refractivity contribution in [1.82, 2.24) is 4.98 Å². The van der Waals surface area contributed by atoms with Gasteiger partial charge in [-0.25, -0.2) is 9.78 Å². The normalized spacial score (nSPS) is 10.9. The molecule has 3 nitrogen and oxygen atoms in total. The third-order valence-corrected chi connectivity index (χ3v) is 4.48. The first-order valence-electron chi connectivity index (χ1n) is 8.81. The maximum absolute atomic E-state index is 12.8. The molecule has 128 valence electrons. The molecule has 0 spiro atoms. The first kappa shape index (κ1) is 16.3. The molecule has 26 heavy (non-hydrogen) atoms. The molecule has 4 rings (SSSR count). The highest BCUT2D eigenvalue weighted by Gasteiger charge is 2.16. The molecule has 0 aliphatic heterocycles. The SMILES string of the molecule is O=C(OCCCc1ccccc1)c1c2ccccc2nc2ccccc12. The molecule has 0 aliphatic carbocycles. The molecule has 3 aromatic carbocycles. The summed E-state index contributed by atoms with van der Waals surface area (Å²) in [4.78, 5) is 17.5. The van der Waals surface area contributed by atoms with E-state index in [1.54, 1.807) is 0 Å². The van der Waals surface area contributed by atoms with Gasteiger partial charge in [0.15, 0.2) is 0 Å². The fourth-order valence-electron chi connectivity index (χ4n) is 3.22. The van der Waals surface area contributed by atoms with Gasteiger partial charge in [0, 0.05) is 10.8 Å². The number of aryl methyl sites for hydroxylation is 1. The zero-order valence-corrected chi connectivity index (χ0v) is 14.4. The van der Waals surface area contributed by atoms with E-state index >= 15 is 0 Å². The molecule has 0 saturated carbocycles. The van der Waals surface area contributed by atoms with Crippen LogP contribution in [0.3, 0.4) is 0 Å². The number of carbonyl (C=O) groups is 1. The largest absolute Gasteiger partial charge is 0.462 e. The van der Waals surface area contributed by atoms with E-state index < -0.39 is 0 Å². The molecule has 4 aromatic rings. The summed E-state index contributed by atoms with van der Waals surface area (Å²) in [6, 6.07) is 25.6. The first-order chi connectivity index (χ1) is 12.8. The fraction of sp³-hybridized carbons (Fsp3) is 0.130. The highest BCUT2D eigenvalue weighted by Crippen LogP contribution is 2.26. The second-order valence-corrected chi connectivity index (χ2v) is 6.25. The van der Waals surface area contributed by atoms with Gasteiger partial charge >= 0.3 is 5.97 Å². The predicted molar refractivity (Wildman–Crippen MR) is 104 cm³/mol. The summed E-state index contributed by atoms with van der Waals surface area (Å²) in [6.07, 6.45) is 1.70. The number of rotatable bonds is 5.